The molecule has 1 aliphatic carbocycles. The first-order chi connectivity index (χ1) is 8.26. The van der Waals surface area contributed by atoms with Gasteiger partial charge in [-0.1, -0.05) is 24.9 Å². The Bertz CT molecular complexity index is 361. The van der Waals surface area contributed by atoms with Crippen molar-refractivity contribution < 1.29 is 0 Å². The quantitative estimate of drug-likeness (QED) is 0.785. The van der Waals surface area contributed by atoms with Crippen molar-refractivity contribution in [1.82, 2.24) is 10.3 Å². The Labute approximate surface area is 109 Å². The molecule has 94 valence electrons. The first kappa shape index (κ1) is 12.8. The third-order valence-electron chi connectivity index (χ3n) is 3.76. The molecule has 0 radical (unpaired) electrons. The number of aromatic nitrogens is 1. The van der Waals surface area contributed by atoms with Crippen LogP contribution in [0.4, 0.5) is 0 Å². The van der Waals surface area contributed by atoms with Crippen molar-refractivity contribution in [3.63, 3.8) is 0 Å². The number of nitrogens with one attached hydrogen (secondary N) is 1. The molecule has 0 spiro atoms. The van der Waals surface area contributed by atoms with Crippen LogP contribution in [0.1, 0.15) is 38.2 Å². The SMILES string of the molecule is CCCNCC1(Cc2ccncc2Cl)CCC1. The third kappa shape index (κ3) is 3.20. The Hall–Kier alpha value is -0.600. The van der Waals surface area contributed by atoms with Crippen LogP contribution in [0, 0.1) is 5.41 Å². The minimum Gasteiger partial charge on any atom is -0.316 e. The Balaban J connectivity index is 1.97. The number of rotatable bonds is 6. The summed E-state index contributed by atoms with van der Waals surface area (Å²) in [6.07, 6.45) is 9.88. The van der Waals surface area contributed by atoms with Crippen molar-refractivity contribution in [2.45, 2.75) is 39.0 Å². The van der Waals surface area contributed by atoms with Crippen molar-refractivity contribution in [1.29, 1.82) is 0 Å². The lowest BCUT2D eigenvalue weighted by Gasteiger charge is -2.42. The lowest BCUT2D eigenvalue weighted by Crippen LogP contribution is -2.42. The van der Waals surface area contributed by atoms with Crippen molar-refractivity contribution in [2.75, 3.05) is 13.1 Å². The summed E-state index contributed by atoms with van der Waals surface area (Å²) in [7, 11) is 0. The van der Waals surface area contributed by atoms with Gasteiger partial charge in [-0.15, -0.1) is 0 Å². The van der Waals surface area contributed by atoms with E-state index in [1.54, 1.807) is 6.20 Å². The van der Waals surface area contributed by atoms with Gasteiger partial charge in [0, 0.05) is 18.9 Å². The summed E-state index contributed by atoms with van der Waals surface area (Å²) >= 11 is 6.19. The zero-order chi connectivity index (χ0) is 12.1. The molecule has 0 aliphatic heterocycles. The maximum absolute atomic E-state index is 6.19. The normalized spacial score (nSPS) is 17.8. The number of hydrogen-bond acceptors (Lipinski definition) is 2. The van der Waals surface area contributed by atoms with Gasteiger partial charge < -0.3 is 5.32 Å². The van der Waals surface area contributed by atoms with Crippen molar-refractivity contribution >= 4 is 11.6 Å². The van der Waals surface area contributed by atoms with E-state index in [1.807, 2.05) is 6.20 Å². The highest BCUT2D eigenvalue weighted by atomic mass is 35.5. The average Bonchev–Trinajstić information content (AvgIpc) is 2.28. The molecule has 1 aliphatic rings. The highest BCUT2D eigenvalue weighted by Gasteiger charge is 2.36. The number of nitrogens with zero attached hydrogens (tertiary/aromatic N) is 1. The zero-order valence-corrected chi connectivity index (χ0v) is 11.3. The Morgan fingerprint density at radius 2 is 2.29 bits per heavy atom. The summed E-state index contributed by atoms with van der Waals surface area (Å²) in [6.45, 7) is 4.45. The van der Waals surface area contributed by atoms with Crippen LogP contribution in [0.5, 0.6) is 0 Å². The van der Waals surface area contributed by atoms with Crippen LogP contribution in [0.3, 0.4) is 0 Å². The lowest BCUT2D eigenvalue weighted by molar-refractivity contribution is 0.130. The highest BCUT2D eigenvalue weighted by molar-refractivity contribution is 6.31. The van der Waals surface area contributed by atoms with Crippen LogP contribution in [0.25, 0.3) is 0 Å². The van der Waals surface area contributed by atoms with Crippen molar-refractivity contribution in [2.24, 2.45) is 5.41 Å². The summed E-state index contributed by atoms with van der Waals surface area (Å²) in [5, 5.41) is 4.37. The second-order valence-corrected chi connectivity index (χ2v) is 5.58. The predicted molar refractivity (Wildman–Crippen MR) is 72.4 cm³/mol. The molecule has 0 atom stereocenters. The molecule has 1 aromatic rings. The molecular formula is C14H21ClN2. The molecule has 2 rings (SSSR count). The van der Waals surface area contributed by atoms with Crippen LogP contribution in [-0.2, 0) is 6.42 Å². The van der Waals surface area contributed by atoms with Crippen LogP contribution in [-0.4, -0.2) is 18.1 Å². The van der Waals surface area contributed by atoms with Gasteiger partial charge in [-0.2, -0.15) is 0 Å². The Morgan fingerprint density at radius 1 is 1.47 bits per heavy atom. The molecule has 0 aromatic carbocycles. The summed E-state index contributed by atoms with van der Waals surface area (Å²) < 4.78 is 0. The molecule has 1 aromatic heterocycles. The Morgan fingerprint density at radius 3 is 2.88 bits per heavy atom. The number of halogens is 1. The molecule has 0 unspecified atom stereocenters. The van der Waals surface area contributed by atoms with E-state index in [9.17, 15) is 0 Å². The van der Waals surface area contributed by atoms with Gasteiger partial charge in [0.05, 0.1) is 5.02 Å². The summed E-state index contributed by atoms with van der Waals surface area (Å²) in [5.41, 5.74) is 1.69. The molecule has 17 heavy (non-hydrogen) atoms. The van der Waals surface area contributed by atoms with Crippen LogP contribution < -0.4 is 5.32 Å². The minimum absolute atomic E-state index is 0.445. The molecular weight excluding hydrogens is 232 g/mol. The molecule has 3 heteroatoms. The van der Waals surface area contributed by atoms with Crippen molar-refractivity contribution in [3.8, 4) is 0 Å². The maximum atomic E-state index is 6.19. The van der Waals surface area contributed by atoms with Crippen LogP contribution in [0.15, 0.2) is 18.5 Å². The summed E-state index contributed by atoms with van der Waals surface area (Å²) in [6, 6.07) is 2.06. The largest absolute Gasteiger partial charge is 0.316 e. The van der Waals surface area contributed by atoms with Crippen LogP contribution in [0.2, 0.25) is 5.02 Å². The fraction of sp³-hybridized carbons (Fsp3) is 0.643. The lowest BCUT2D eigenvalue weighted by atomic mass is 9.65. The van der Waals surface area contributed by atoms with Crippen molar-refractivity contribution in [3.05, 3.63) is 29.0 Å². The first-order valence-corrected chi connectivity index (χ1v) is 6.93. The minimum atomic E-state index is 0.445. The molecule has 1 saturated carbocycles. The zero-order valence-electron chi connectivity index (χ0n) is 10.5. The second kappa shape index (κ2) is 5.83. The van der Waals surface area contributed by atoms with E-state index in [-0.39, 0.29) is 0 Å². The van der Waals surface area contributed by atoms with E-state index >= 15 is 0 Å². The van der Waals surface area contributed by atoms with Gasteiger partial charge in [-0.05, 0) is 49.3 Å². The Kier molecular flexibility index (Phi) is 4.41. The van der Waals surface area contributed by atoms with Gasteiger partial charge in [0.25, 0.3) is 0 Å². The van der Waals surface area contributed by atoms with Gasteiger partial charge in [-0.25, -0.2) is 0 Å². The summed E-state index contributed by atoms with van der Waals surface area (Å²) in [5.74, 6) is 0. The van der Waals surface area contributed by atoms with Gasteiger partial charge in [-0.3, -0.25) is 4.98 Å². The fourth-order valence-corrected chi connectivity index (χ4v) is 2.76. The standard InChI is InChI=1S/C14H21ClN2/c1-2-7-17-11-14(5-3-6-14)9-12-4-8-16-10-13(12)15/h4,8,10,17H,2-3,5-7,9,11H2,1H3. The average molecular weight is 253 g/mol. The number of pyridine rings is 1. The molecule has 1 fully saturated rings. The molecule has 1 N–H and O–H groups in total. The van der Waals surface area contributed by atoms with Gasteiger partial charge >= 0.3 is 0 Å². The first-order valence-electron chi connectivity index (χ1n) is 6.55. The van der Waals surface area contributed by atoms with E-state index in [1.165, 1.54) is 31.2 Å². The van der Waals surface area contributed by atoms with E-state index < -0.39 is 0 Å². The van der Waals surface area contributed by atoms with E-state index in [0.717, 1.165) is 24.5 Å². The molecule has 0 bridgehead atoms. The molecule has 0 amide bonds. The van der Waals surface area contributed by atoms with E-state index in [2.05, 4.69) is 23.3 Å². The maximum Gasteiger partial charge on any atom is 0.0621 e. The number of hydrogen-bond donors (Lipinski definition) is 1. The van der Waals surface area contributed by atoms with E-state index in [4.69, 9.17) is 11.6 Å². The smallest absolute Gasteiger partial charge is 0.0621 e. The topological polar surface area (TPSA) is 24.9 Å². The highest BCUT2D eigenvalue weighted by Crippen LogP contribution is 2.43. The molecule has 1 heterocycles. The fourth-order valence-electron chi connectivity index (χ4n) is 2.57. The van der Waals surface area contributed by atoms with Gasteiger partial charge in [0.15, 0.2) is 0 Å². The third-order valence-corrected chi connectivity index (χ3v) is 4.10. The second-order valence-electron chi connectivity index (χ2n) is 5.17. The van der Waals surface area contributed by atoms with Gasteiger partial charge in [0.2, 0.25) is 0 Å². The van der Waals surface area contributed by atoms with E-state index in [0.29, 0.717) is 5.41 Å². The van der Waals surface area contributed by atoms with Gasteiger partial charge in [0.1, 0.15) is 0 Å². The predicted octanol–water partition coefficient (Wildman–Crippen LogP) is 3.45. The molecule has 0 saturated heterocycles. The van der Waals surface area contributed by atoms with Crippen LogP contribution >= 0.6 is 11.6 Å². The summed E-state index contributed by atoms with van der Waals surface area (Å²) in [4.78, 5) is 4.05. The molecule has 2 nitrogen and oxygen atoms in total. The monoisotopic (exact) mass is 252 g/mol.